The van der Waals surface area contributed by atoms with Crippen molar-refractivity contribution >= 4 is 18.9 Å². The highest BCUT2D eigenvalue weighted by atomic mass is 16.7. The van der Waals surface area contributed by atoms with Crippen LogP contribution < -0.4 is 5.46 Å². The average Bonchev–Trinajstić information content (AvgIpc) is 2.47. The van der Waals surface area contributed by atoms with Gasteiger partial charge >= 0.3 is 7.12 Å². The zero-order chi connectivity index (χ0) is 14.4. The fourth-order valence-corrected chi connectivity index (χ4v) is 2.34. The molecule has 1 fully saturated rings. The maximum absolute atomic E-state index is 11.3. The molecule has 1 saturated heterocycles. The van der Waals surface area contributed by atoms with Gasteiger partial charge in [0.15, 0.2) is 0 Å². The van der Waals surface area contributed by atoms with Crippen LogP contribution in [0.2, 0.25) is 0 Å². The third-order valence-corrected chi connectivity index (χ3v) is 4.19. The number of aryl methyl sites for hydroxylation is 2. The molecule has 0 unspecified atom stereocenters. The second-order valence-electron chi connectivity index (χ2n) is 6.29. The minimum atomic E-state index is -0.483. The van der Waals surface area contributed by atoms with Crippen molar-refractivity contribution in [3.63, 3.8) is 0 Å². The van der Waals surface area contributed by atoms with Crippen molar-refractivity contribution in [1.29, 1.82) is 0 Å². The molecule has 1 aliphatic heterocycles. The standard InChI is InChI=1S/C15H21BO3/c1-10-7-11(2)12(9-17)13(8-10)16-18-14(3,4)15(5,6)19-16/h7-9H,1-6H3. The van der Waals surface area contributed by atoms with E-state index in [-0.39, 0.29) is 0 Å². The normalized spacial score (nSPS) is 20.6. The molecule has 0 aromatic heterocycles. The lowest BCUT2D eigenvalue weighted by Crippen LogP contribution is -2.41. The molecule has 1 aromatic rings. The highest BCUT2D eigenvalue weighted by Gasteiger charge is 2.52. The quantitative estimate of drug-likeness (QED) is 0.605. The smallest absolute Gasteiger partial charge is 0.399 e. The molecule has 1 heterocycles. The van der Waals surface area contributed by atoms with Crippen LogP contribution in [0.25, 0.3) is 0 Å². The Morgan fingerprint density at radius 1 is 1.05 bits per heavy atom. The molecule has 0 spiro atoms. The van der Waals surface area contributed by atoms with E-state index in [4.69, 9.17) is 9.31 Å². The van der Waals surface area contributed by atoms with E-state index in [0.29, 0.717) is 5.56 Å². The van der Waals surface area contributed by atoms with Crippen LogP contribution in [-0.2, 0) is 9.31 Å². The summed E-state index contributed by atoms with van der Waals surface area (Å²) in [6.45, 7) is 12.0. The fraction of sp³-hybridized carbons (Fsp3) is 0.533. The summed E-state index contributed by atoms with van der Waals surface area (Å²) < 4.78 is 12.0. The van der Waals surface area contributed by atoms with Crippen molar-refractivity contribution < 1.29 is 14.1 Å². The van der Waals surface area contributed by atoms with Gasteiger partial charge in [0.25, 0.3) is 0 Å². The van der Waals surface area contributed by atoms with Gasteiger partial charge in [-0.25, -0.2) is 0 Å². The summed E-state index contributed by atoms with van der Waals surface area (Å²) >= 11 is 0. The molecule has 1 aromatic carbocycles. The first-order valence-electron chi connectivity index (χ1n) is 6.60. The highest BCUT2D eigenvalue weighted by Crippen LogP contribution is 2.36. The third-order valence-electron chi connectivity index (χ3n) is 4.19. The Morgan fingerprint density at radius 3 is 2.05 bits per heavy atom. The molecule has 0 atom stereocenters. The van der Waals surface area contributed by atoms with E-state index in [1.807, 2.05) is 53.7 Å². The summed E-state index contributed by atoms with van der Waals surface area (Å²) in [6, 6.07) is 3.97. The molecular formula is C15H21BO3. The molecule has 0 amide bonds. The van der Waals surface area contributed by atoms with Gasteiger partial charge in [-0.1, -0.05) is 17.7 Å². The first kappa shape index (κ1) is 14.3. The molecule has 0 saturated carbocycles. The first-order valence-corrected chi connectivity index (χ1v) is 6.60. The Bertz CT molecular complexity index is 504. The van der Waals surface area contributed by atoms with Gasteiger partial charge in [0.1, 0.15) is 6.29 Å². The maximum Gasteiger partial charge on any atom is 0.495 e. The molecular weight excluding hydrogens is 239 g/mol. The van der Waals surface area contributed by atoms with Gasteiger partial charge in [0, 0.05) is 5.56 Å². The van der Waals surface area contributed by atoms with Gasteiger partial charge < -0.3 is 9.31 Å². The number of hydrogen-bond acceptors (Lipinski definition) is 3. The van der Waals surface area contributed by atoms with E-state index in [9.17, 15) is 4.79 Å². The summed E-state index contributed by atoms with van der Waals surface area (Å²) in [4.78, 5) is 11.3. The van der Waals surface area contributed by atoms with Gasteiger partial charge in [0.05, 0.1) is 11.2 Å². The SMILES string of the molecule is Cc1cc(C)c(C=O)c(B2OC(C)(C)C(C)(C)O2)c1. The minimum Gasteiger partial charge on any atom is -0.399 e. The molecule has 19 heavy (non-hydrogen) atoms. The molecule has 3 nitrogen and oxygen atoms in total. The lowest BCUT2D eigenvalue weighted by atomic mass is 9.74. The van der Waals surface area contributed by atoms with E-state index in [2.05, 4.69) is 0 Å². The summed E-state index contributed by atoms with van der Waals surface area (Å²) in [6.07, 6.45) is 0.884. The van der Waals surface area contributed by atoms with E-state index < -0.39 is 18.3 Å². The van der Waals surface area contributed by atoms with Crippen molar-refractivity contribution in [2.45, 2.75) is 52.7 Å². The molecule has 102 valence electrons. The van der Waals surface area contributed by atoms with Crippen LogP contribution in [0.1, 0.15) is 49.2 Å². The van der Waals surface area contributed by atoms with Crippen LogP contribution in [-0.4, -0.2) is 24.6 Å². The van der Waals surface area contributed by atoms with Crippen molar-refractivity contribution in [3.05, 3.63) is 28.8 Å². The number of carbonyl (C=O) groups is 1. The average molecular weight is 260 g/mol. The van der Waals surface area contributed by atoms with Crippen LogP contribution in [0.3, 0.4) is 0 Å². The molecule has 0 radical (unpaired) electrons. The van der Waals surface area contributed by atoms with Gasteiger partial charge in [-0.3, -0.25) is 4.79 Å². The van der Waals surface area contributed by atoms with E-state index in [1.165, 1.54) is 0 Å². The predicted molar refractivity (Wildman–Crippen MR) is 77.0 cm³/mol. The van der Waals surface area contributed by atoms with E-state index in [1.54, 1.807) is 0 Å². The first-order chi connectivity index (χ1) is 8.68. The zero-order valence-electron chi connectivity index (χ0n) is 12.5. The largest absolute Gasteiger partial charge is 0.495 e. The monoisotopic (exact) mass is 260 g/mol. The summed E-state index contributed by atoms with van der Waals surface area (Å²) in [5.41, 5.74) is 2.77. The highest BCUT2D eigenvalue weighted by molar-refractivity contribution is 6.63. The van der Waals surface area contributed by atoms with E-state index >= 15 is 0 Å². The Kier molecular flexibility index (Phi) is 3.35. The summed E-state index contributed by atoms with van der Waals surface area (Å²) in [5.74, 6) is 0. The van der Waals surface area contributed by atoms with Crippen LogP contribution in [0.4, 0.5) is 0 Å². The molecule has 0 aliphatic carbocycles. The lowest BCUT2D eigenvalue weighted by Gasteiger charge is -2.32. The Morgan fingerprint density at radius 2 is 1.58 bits per heavy atom. The van der Waals surface area contributed by atoms with Crippen LogP contribution in [0.5, 0.6) is 0 Å². The van der Waals surface area contributed by atoms with Crippen molar-refractivity contribution in [3.8, 4) is 0 Å². The van der Waals surface area contributed by atoms with Crippen LogP contribution in [0, 0.1) is 13.8 Å². The molecule has 1 aliphatic rings. The Hall–Kier alpha value is -1.13. The number of hydrogen-bond donors (Lipinski definition) is 0. The fourth-order valence-electron chi connectivity index (χ4n) is 2.34. The lowest BCUT2D eigenvalue weighted by molar-refractivity contribution is 0.00578. The Labute approximate surface area is 115 Å². The molecule has 0 bridgehead atoms. The summed E-state index contributed by atoms with van der Waals surface area (Å²) in [7, 11) is -0.483. The maximum atomic E-state index is 11.3. The van der Waals surface area contributed by atoms with Crippen molar-refractivity contribution in [2.75, 3.05) is 0 Å². The number of benzene rings is 1. The van der Waals surface area contributed by atoms with Crippen LogP contribution in [0.15, 0.2) is 12.1 Å². The zero-order valence-corrected chi connectivity index (χ0v) is 12.5. The molecule has 4 heteroatoms. The topological polar surface area (TPSA) is 35.5 Å². The number of rotatable bonds is 2. The second-order valence-corrected chi connectivity index (χ2v) is 6.29. The van der Waals surface area contributed by atoms with Gasteiger partial charge in [-0.2, -0.15) is 0 Å². The third kappa shape index (κ3) is 2.35. The number of carbonyl (C=O) groups excluding carboxylic acids is 1. The Balaban J connectivity index is 2.47. The van der Waals surface area contributed by atoms with Gasteiger partial charge in [0.2, 0.25) is 0 Å². The van der Waals surface area contributed by atoms with Gasteiger partial charge in [-0.15, -0.1) is 0 Å². The second kappa shape index (κ2) is 4.46. The molecule has 2 rings (SSSR count). The predicted octanol–water partition coefficient (Wildman–Crippen LogP) is 2.42. The molecule has 0 N–H and O–H groups in total. The van der Waals surface area contributed by atoms with Gasteiger partial charge in [-0.05, 0) is 52.6 Å². The van der Waals surface area contributed by atoms with Crippen molar-refractivity contribution in [2.24, 2.45) is 0 Å². The number of aldehydes is 1. The van der Waals surface area contributed by atoms with Crippen LogP contribution >= 0.6 is 0 Å². The van der Waals surface area contributed by atoms with Crippen molar-refractivity contribution in [1.82, 2.24) is 0 Å². The minimum absolute atomic E-state index is 0.393. The van der Waals surface area contributed by atoms with E-state index in [0.717, 1.165) is 22.9 Å². The summed E-state index contributed by atoms with van der Waals surface area (Å²) in [5, 5.41) is 0.